The summed E-state index contributed by atoms with van der Waals surface area (Å²) in [5.41, 5.74) is 3.12. The van der Waals surface area contributed by atoms with E-state index in [1.165, 1.54) is 23.5 Å². The Morgan fingerprint density at radius 2 is 2.18 bits per heavy atom. The molecule has 3 nitrogen and oxygen atoms in total. The van der Waals surface area contributed by atoms with E-state index in [0.29, 0.717) is 5.69 Å². The maximum absolute atomic E-state index is 13.2. The Labute approximate surface area is 135 Å². The Balaban J connectivity index is 1.68. The molecule has 3 aromatic rings. The number of anilines is 1. The van der Waals surface area contributed by atoms with Gasteiger partial charge in [0.15, 0.2) is 0 Å². The number of hydrogen-bond acceptors (Lipinski definition) is 4. The molecule has 1 N–H and O–H groups in total. The summed E-state index contributed by atoms with van der Waals surface area (Å²) in [5, 5.41) is 9.54. The summed E-state index contributed by atoms with van der Waals surface area (Å²) in [4.78, 5) is 16.5. The highest BCUT2D eigenvalue weighted by atomic mass is 32.1. The smallest absolute Gasteiger partial charge is 0.230 e. The second kappa shape index (κ2) is 6.37. The van der Waals surface area contributed by atoms with Gasteiger partial charge in [0.1, 0.15) is 10.8 Å². The number of aryl methyl sites for hydroxylation is 1. The van der Waals surface area contributed by atoms with Gasteiger partial charge >= 0.3 is 0 Å². The molecule has 22 heavy (non-hydrogen) atoms. The van der Waals surface area contributed by atoms with Gasteiger partial charge < -0.3 is 5.32 Å². The predicted molar refractivity (Wildman–Crippen MR) is 88.9 cm³/mol. The number of carbonyl (C=O) groups is 1. The summed E-state index contributed by atoms with van der Waals surface area (Å²) in [6.45, 7) is 1.83. The second-order valence-corrected chi connectivity index (χ2v) is 6.48. The summed E-state index contributed by atoms with van der Waals surface area (Å²) >= 11 is 3.13. The lowest BCUT2D eigenvalue weighted by molar-refractivity contribution is -0.115. The van der Waals surface area contributed by atoms with Crippen LogP contribution in [0, 0.1) is 12.7 Å². The van der Waals surface area contributed by atoms with Crippen molar-refractivity contribution in [3.8, 4) is 10.6 Å². The van der Waals surface area contributed by atoms with Crippen LogP contribution in [-0.4, -0.2) is 10.9 Å². The number of nitrogens with one attached hydrogen (secondary N) is 1. The van der Waals surface area contributed by atoms with Gasteiger partial charge in [-0.2, -0.15) is 11.3 Å². The fraction of sp³-hybridized carbons (Fsp3) is 0.125. The summed E-state index contributed by atoms with van der Waals surface area (Å²) in [6, 6.07) is 6.34. The minimum atomic E-state index is -0.366. The molecule has 0 aliphatic carbocycles. The zero-order valence-electron chi connectivity index (χ0n) is 11.8. The number of carbonyl (C=O) groups excluding carboxylic acids is 1. The first kappa shape index (κ1) is 14.9. The van der Waals surface area contributed by atoms with Crippen LogP contribution in [0.1, 0.15) is 11.3 Å². The van der Waals surface area contributed by atoms with Crippen LogP contribution in [0.15, 0.2) is 40.4 Å². The molecule has 2 heterocycles. The summed E-state index contributed by atoms with van der Waals surface area (Å²) in [5.74, 6) is -0.565. The van der Waals surface area contributed by atoms with Crippen molar-refractivity contribution in [2.75, 3.05) is 5.32 Å². The molecule has 0 bridgehead atoms. The quantitative estimate of drug-likeness (QED) is 0.764. The Hall–Kier alpha value is -2.05. The molecule has 6 heteroatoms. The number of benzene rings is 1. The fourth-order valence-electron chi connectivity index (χ4n) is 1.99. The average Bonchev–Trinajstić information content (AvgIpc) is 3.13. The highest BCUT2D eigenvalue weighted by molar-refractivity contribution is 7.14. The van der Waals surface area contributed by atoms with E-state index in [2.05, 4.69) is 10.3 Å². The van der Waals surface area contributed by atoms with Crippen LogP contribution >= 0.6 is 22.7 Å². The third-order valence-electron chi connectivity index (χ3n) is 3.14. The van der Waals surface area contributed by atoms with Crippen molar-refractivity contribution in [2.45, 2.75) is 13.3 Å². The fourth-order valence-corrected chi connectivity index (χ4v) is 3.53. The van der Waals surface area contributed by atoms with Crippen LogP contribution in [0.2, 0.25) is 0 Å². The first-order valence-corrected chi connectivity index (χ1v) is 8.47. The third-order valence-corrected chi connectivity index (χ3v) is 4.76. The molecular weight excluding hydrogens is 319 g/mol. The highest BCUT2D eigenvalue weighted by Crippen LogP contribution is 2.26. The molecule has 0 unspecified atom stereocenters. The maximum atomic E-state index is 13.2. The molecule has 3 rings (SSSR count). The van der Waals surface area contributed by atoms with Gasteiger partial charge in [0.2, 0.25) is 5.91 Å². The van der Waals surface area contributed by atoms with Gasteiger partial charge in [-0.15, -0.1) is 11.3 Å². The SMILES string of the molecule is Cc1ccc(F)cc1NC(=O)Cc1csc(-c2ccsc2)n1. The van der Waals surface area contributed by atoms with Gasteiger partial charge in [0, 0.05) is 22.0 Å². The van der Waals surface area contributed by atoms with Crippen LogP contribution in [0.4, 0.5) is 10.1 Å². The van der Waals surface area contributed by atoms with Crippen LogP contribution in [0.5, 0.6) is 0 Å². The topological polar surface area (TPSA) is 42.0 Å². The zero-order valence-corrected chi connectivity index (χ0v) is 13.4. The predicted octanol–water partition coefficient (Wildman–Crippen LogP) is 4.50. The molecular formula is C16H13FN2OS2. The number of thiazole rings is 1. The van der Waals surface area contributed by atoms with Gasteiger partial charge in [-0.3, -0.25) is 4.79 Å². The van der Waals surface area contributed by atoms with Gasteiger partial charge in [0.05, 0.1) is 12.1 Å². The Morgan fingerprint density at radius 1 is 1.32 bits per heavy atom. The number of halogens is 1. The van der Waals surface area contributed by atoms with Gasteiger partial charge in [-0.05, 0) is 36.1 Å². The van der Waals surface area contributed by atoms with Crippen LogP contribution in [0.25, 0.3) is 10.6 Å². The van der Waals surface area contributed by atoms with Crippen molar-refractivity contribution in [2.24, 2.45) is 0 Å². The van der Waals surface area contributed by atoms with E-state index in [0.717, 1.165) is 21.8 Å². The van der Waals surface area contributed by atoms with Gasteiger partial charge in [-0.25, -0.2) is 9.37 Å². The standard InChI is InChI=1S/C16H13FN2OS2/c1-10-2-3-12(17)6-14(10)19-15(20)7-13-9-22-16(18-13)11-4-5-21-8-11/h2-6,8-9H,7H2,1H3,(H,19,20). The molecule has 112 valence electrons. The lowest BCUT2D eigenvalue weighted by Gasteiger charge is -2.07. The zero-order chi connectivity index (χ0) is 15.5. The van der Waals surface area contributed by atoms with E-state index in [9.17, 15) is 9.18 Å². The van der Waals surface area contributed by atoms with Crippen molar-refractivity contribution in [1.82, 2.24) is 4.98 Å². The molecule has 2 aromatic heterocycles. The number of amides is 1. The third kappa shape index (κ3) is 3.40. The molecule has 0 aliphatic heterocycles. The summed E-state index contributed by atoms with van der Waals surface area (Å²) < 4.78 is 13.2. The van der Waals surface area contributed by atoms with Crippen molar-refractivity contribution in [1.29, 1.82) is 0 Å². The first-order chi connectivity index (χ1) is 10.6. The van der Waals surface area contributed by atoms with Crippen molar-refractivity contribution in [3.05, 3.63) is 57.5 Å². The maximum Gasteiger partial charge on any atom is 0.230 e. The van der Waals surface area contributed by atoms with E-state index in [1.54, 1.807) is 17.4 Å². The highest BCUT2D eigenvalue weighted by Gasteiger charge is 2.11. The van der Waals surface area contributed by atoms with Gasteiger partial charge in [0.25, 0.3) is 0 Å². The number of nitrogens with zero attached hydrogens (tertiary/aromatic N) is 1. The van der Waals surface area contributed by atoms with Crippen LogP contribution < -0.4 is 5.32 Å². The molecule has 1 aromatic carbocycles. The lowest BCUT2D eigenvalue weighted by atomic mass is 10.2. The van der Waals surface area contributed by atoms with E-state index in [-0.39, 0.29) is 18.1 Å². The number of aromatic nitrogens is 1. The van der Waals surface area contributed by atoms with E-state index in [1.807, 2.05) is 29.1 Å². The van der Waals surface area contributed by atoms with E-state index >= 15 is 0 Å². The summed E-state index contributed by atoms with van der Waals surface area (Å²) in [6.07, 6.45) is 0.177. The summed E-state index contributed by atoms with van der Waals surface area (Å²) in [7, 11) is 0. The second-order valence-electron chi connectivity index (χ2n) is 4.84. The van der Waals surface area contributed by atoms with Crippen molar-refractivity contribution >= 4 is 34.3 Å². The largest absolute Gasteiger partial charge is 0.325 e. The number of rotatable bonds is 4. The molecule has 0 aliphatic rings. The van der Waals surface area contributed by atoms with Crippen LogP contribution in [-0.2, 0) is 11.2 Å². The van der Waals surface area contributed by atoms with Gasteiger partial charge in [-0.1, -0.05) is 6.07 Å². The molecule has 0 saturated carbocycles. The van der Waals surface area contributed by atoms with E-state index in [4.69, 9.17) is 0 Å². The average molecular weight is 332 g/mol. The molecule has 0 radical (unpaired) electrons. The Morgan fingerprint density at radius 3 is 2.95 bits per heavy atom. The Bertz CT molecular complexity index is 796. The molecule has 1 amide bonds. The Kier molecular flexibility index (Phi) is 4.31. The lowest BCUT2D eigenvalue weighted by Crippen LogP contribution is -2.15. The monoisotopic (exact) mass is 332 g/mol. The van der Waals surface area contributed by atoms with E-state index < -0.39 is 0 Å². The van der Waals surface area contributed by atoms with Crippen molar-refractivity contribution < 1.29 is 9.18 Å². The number of hydrogen-bond donors (Lipinski definition) is 1. The van der Waals surface area contributed by atoms with Crippen molar-refractivity contribution in [3.63, 3.8) is 0 Å². The first-order valence-electron chi connectivity index (χ1n) is 6.65. The normalized spacial score (nSPS) is 10.6. The minimum Gasteiger partial charge on any atom is -0.325 e. The molecule has 0 atom stereocenters. The molecule has 0 spiro atoms. The number of thiophene rings is 1. The minimum absolute atomic E-state index is 0.177. The molecule has 0 saturated heterocycles. The van der Waals surface area contributed by atoms with Crippen LogP contribution in [0.3, 0.4) is 0 Å². The molecule has 0 fully saturated rings.